The van der Waals surface area contributed by atoms with Crippen molar-refractivity contribution in [2.75, 3.05) is 25.5 Å². The molecule has 9 heteroatoms. The number of nitriles is 1. The highest BCUT2D eigenvalue weighted by Gasteiger charge is 2.39. The lowest BCUT2D eigenvalue weighted by Gasteiger charge is -2.23. The monoisotopic (exact) mass is 436 g/mol. The van der Waals surface area contributed by atoms with E-state index in [-0.39, 0.29) is 42.6 Å². The second kappa shape index (κ2) is 9.22. The molecule has 0 aliphatic carbocycles. The average Bonchev–Trinajstić information content (AvgIpc) is 3.41. The number of benzene rings is 1. The highest BCUT2D eigenvalue weighted by atomic mass is 16.2. The quantitative estimate of drug-likeness (QED) is 0.744. The predicted octanol–water partition coefficient (Wildman–Crippen LogP) is 2.16. The summed E-state index contributed by atoms with van der Waals surface area (Å²) in [7, 11) is 1.52. The van der Waals surface area contributed by atoms with Gasteiger partial charge in [0.1, 0.15) is 17.6 Å². The van der Waals surface area contributed by atoms with Gasteiger partial charge in [0.25, 0.3) is 5.91 Å². The topological polar surface area (TPSA) is 122 Å². The molecule has 0 spiro atoms. The maximum Gasteiger partial charge on any atom is 0.272 e. The molecular formula is C23H28N6O3. The number of amides is 3. The number of aromatic nitrogens is 2. The Hall–Kier alpha value is -3.67. The van der Waals surface area contributed by atoms with Crippen LogP contribution in [0.1, 0.15) is 43.5 Å². The van der Waals surface area contributed by atoms with E-state index < -0.39 is 12.0 Å². The van der Waals surface area contributed by atoms with Gasteiger partial charge in [0, 0.05) is 24.7 Å². The first-order chi connectivity index (χ1) is 15.1. The van der Waals surface area contributed by atoms with Crippen molar-refractivity contribution in [3.05, 3.63) is 48.0 Å². The summed E-state index contributed by atoms with van der Waals surface area (Å²) in [5.41, 5.74) is 0.719. The molecule has 1 aromatic carbocycles. The summed E-state index contributed by atoms with van der Waals surface area (Å²) in [4.78, 5) is 48.1. The Morgan fingerprint density at radius 2 is 1.97 bits per heavy atom. The summed E-state index contributed by atoms with van der Waals surface area (Å²) in [6.45, 7) is 5.87. The van der Waals surface area contributed by atoms with E-state index in [1.54, 1.807) is 12.1 Å². The van der Waals surface area contributed by atoms with Gasteiger partial charge < -0.3 is 20.1 Å². The van der Waals surface area contributed by atoms with Crippen LogP contribution in [0.25, 0.3) is 0 Å². The molecule has 3 amide bonds. The Kier molecular flexibility index (Phi) is 6.63. The van der Waals surface area contributed by atoms with E-state index in [0.29, 0.717) is 17.2 Å². The standard InChI is InChI=1S/C23H28N6O3/c1-23(2,3)22-25-12-18(27-22)21(32)28(4)14-19(30)29-13-15(10-17(29)11-24)20(31)26-16-8-6-5-7-9-16/h5-9,12,15,17H,10,13-14H2,1-4H3,(H,25,27)(H,26,31). The van der Waals surface area contributed by atoms with E-state index in [0.717, 1.165) is 0 Å². The van der Waals surface area contributed by atoms with Crippen LogP contribution in [-0.4, -0.2) is 63.7 Å². The van der Waals surface area contributed by atoms with Crippen molar-refractivity contribution >= 4 is 23.4 Å². The summed E-state index contributed by atoms with van der Waals surface area (Å²) >= 11 is 0. The van der Waals surface area contributed by atoms with Crippen LogP contribution in [0, 0.1) is 17.2 Å². The Morgan fingerprint density at radius 1 is 1.28 bits per heavy atom. The third-order valence-electron chi connectivity index (χ3n) is 5.42. The van der Waals surface area contributed by atoms with Crippen LogP contribution in [0.3, 0.4) is 0 Å². The number of likely N-dealkylation sites (tertiary alicyclic amines) is 1. The number of hydrogen-bond donors (Lipinski definition) is 2. The van der Waals surface area contributed by atoms with Crippen LogP contribution in [0.15, 0.2) is 36.5 Å². The molecule has 9 nitrogen and oxygen atoms in total. The van der Waals surface area contributed by atoms with Crippen molar-refractivity contribution in [2.45, 2.75) is 38.6 Å². The van der Waals surface area contributed by atoms with Gasteiger partial charge in [-0.05, 0) is 18.6 Å². The number of aromatic amines is 1. The highest BCUT2D eigenvalue weighted by Crippen LogP contribution is 2.25. The van der Waals surface area contributed by atoms with Gasteiger partial charge in [-0.1, -0.05) is 39.0 Å². The molecule has 2 N–H and O–H groups in total. The summed E-state index contributed by atoms with van der Waals surface area (Å²) in [6, 6.07) is 10.4. The lowest BCUT2D eigenvalue weighted by molar-refractivity contribution is -0.131. The minimum absolute atomic E-state index is 0.135. The van der Waals surface area contributed by atoms with Crippen molar-refractivity contribution in [1.29, 1.82) is 5.26 Å². The smallest absolute Gasteiger partial charge is 0.272 e. The third kappa shape index (κ3) is 5.14. The molecule has 1 saturated heterocycles. The molecule has 0 radical (unpaired) electrons. The van der Waals surface area contributed by atoms with Gasteiger partial charge in [-0.15, -0.1) is 0 Å². The van der Waals surface area contributed by atoms with Gasteiger partial charge >= 0.3 is 0 Å². The maximum atomic E-state index is 12.9. The molecule has 168 valence electrons. The molecule has 1 aliphatic rings. The average molecular weight is 437 g/mol. The Labute approximate surface area is 187 Å². The molecule has 2 unspecified atom stereocenters. The highest BCUT2D eigenvalue weighted by molar-refractivity contribution is 5.96. The molecule has 1 fully saturated rings. The largest absolute Gasteiger partial charge is 0.338 e. The van der Waals surface area contributed by atoms with E-state index in [9.17, 15) is 19.6 Å². The zero-order chi connectivity index (χ0) is 23.5. The maximum absolute atomic E-state index is 12.9. The number of rotatable bonds is 5. The first-order valence-electron chi connectivity index (χ1n) is 10.5. The van der Waals surface area contributed by atoms with E-state index in [2.05, 4.69) is 21.4 Å². The molecule has 32 heavy (non-hydrogen) atoms. The SMILES string of the molecule is CN(CC(=O)N1CC(C(=O)Nc2ccccc2)CC1C#N)C(=O)c1cnc(C(C)(C)C)[nH]1. The van der Waals surface area contributed by atoms with Gasteiger partial charge in [0.15, 0.2) is 0 Å². The first-order valence-corrected chi connectivity index (χ1v) is 10.5. The Balaban J connectivity index is 1.62. The molecule has 3 rings (SSSR count). The van der Waals surface area contributed by atoms with E-state index in [1.165, 1.54) is 23.0 Å². The van der Waals surface area contributed by atoms with Gasteiger partial charge in [-0.2, -0.15) is 5.26 Å². The van der Waals surface area contributed by atoms with Crippen LogP contribution in [0.5, 0.6) is 0 Å². The number of carbonyl (C=O) groups is 3. The Bertz CT molecular complexity index is 1030. The minimum atomic E-state index is -0.711. The van der Waals surface area contributed by atoms with Crippen LogP contribution in [-0.2, 0) is 15.0 Å². The third-order valence-corrected chi connectivity index (χ3v) is 5.42. The number of hydrogen-bond acceptors (Lipinski definition) is 5. The molecule has 0 bridgehead atoms. The fourth-order valence-corrected chi connectivity index (χ4v) is 3.57. The van der Waals surface area contributed by atoms with E-state index in [4.69, 9.17) is 0 Å². The van der Waals surface area contributed by atoms with Crippen molar-refractivity contribution in [2.24, 2.45) is 5.92 Å². The number of carbonyl (C=O) groups excluding carboxylic acids is 3. The number of anilines is 1. The second-order valence-corrected chi connectivity index (χ2v) is 9.04. The Morgan fingerprint density at radius 3 is 2.56 bits per heavy atom. The molecule has 2 heterocycles. The summed E-state index contributed by atoms with van der Waals surface area (Å²) in [5, 5.41) is 12.3. The lowest BCUT2D eigenvalue weighted by atomic mass is 9.96. The summed E-state index contributed by atoms with van der Waals surface area (Å²) in [5.74, 6) is -0.794. The fourth-order valence-electron chi connectivity index (χ4n) is 3.57. The zero-order valence-electron chi connectivity index (χ0n) is 18.8. The number of nitrogens with one attached hydrogen (secondary N) is 2. The molecule has 0 saturated carbocycles. The van der Waals surface area contributed by atoms with Gasteiger partial charge in [-0.25, -0.2) is 4.98 Å². The second-order valence-electron chi connectivity index (χ2n) is 9.04. The minimum Gasteiger partial charge on any atom is -0.338 e. The van der Waals surface area contributed by atoms with Crippen molar-refractivity contribution < 1.29 is 14.4 Å². The van der Waals surface area contributed by atoms with Crippen LogP contribution >= 0.6 is 0 Å². The molecule has 1 aliphatic heterocycles. The van der Waals surface area contributed by atoms with Crippen LogP contribution in [0.2, 0.25) is 0 Å². The van der Waals surface area contributed by atoms with Crippen LogP contribution < -0.4 is 5.32 Å². The normalized spacial score (nSPS) is 18.2. The molecular weight excluding hydrogens is 408 g/mol. The van der Waals surface area contributed by atoms with Crippen LogP contribution in [0.4, 0.5) is 5.69 Å². The van der Waals surface area contributed by atoms with Crippen molar-refractivity contribution in [3.8, 4) is 6.07 Å². The summed E-state index contributed by atoms with van der Waals surface area (Å²) in [6.07, 6.45) is 1.72. The van der Waals surface area contributed by atoms with E-state index in [1.807, 2.05) is 39.0 Å². The molecule has 2 aromatic rings. The predicted molar refractivity (Wildman–Crippen MR) is 119 cm³/mol. The number of likely N-dealkylation sites (N-methyl/N-ethyl adjacent to an activating group) is 1. The fraction of sp³-hybridized carbons (Fsp3) is 0.435. The number of para-hydroxylation sites is 1. The van der Waals surface area contributed by atoms with Gasteiger partial charge in [0.05, 0.1) is 24.7 Å². The van der Waals surface area contributed by atoms with Crippen molar-refractivity contribution in [3.63, 3.8) is 0 Å². The van der Waals surface area contributed by atoms with Crippen molar-refractivity contribution in [1.82, 2.24) is 19.8 Å². The number of H-pyrrole nitrogens is 1. The zero-order valence-corrected chi connectivity index (χ0v) is 18.8. The van der Waals surface area contributed by atoms with Gasteiger partial charge in [-0.3, -0.25) is 14.4 Å². The van der Waals surface area contributed by atoms with E-state index >= 15 is 0 Å². The molecule has 2 atom stereocenters. The number of imidazole rings is 1. The first kappa shape index (κ1) is 23.0. The van der Waals surface area contributed by atoms with Gasteiger partial charge in [0.2, 0.25) is 11.8 Å². The lowest BCUT2D eigenvalue weighted by Crippen LogP contribution is -2.43. The summed E-state index contributed by atoms with van der Waals surface area (Å²) < 4.78 is 0. The molecule has 1 aromatic heterocycles. The number of nitrogens with zero attached hydrogens (tertiary/aromatic N) is 4.